The van der Waals surface area contributed by atoms with E-state index in [1.165, 1.54) is 0 Å². The van der Waals surface area contributed by atoms with Gasteiger partial charge in [-0.1, -0.05) is 35.0 Å². The number of hydrogen-bond acceptors (Lipinski definition) is 5. The van der Waals surface area contributed by atoms with Crippen LogP contribution in [0.2, 0.25) is 5.02 Å². The number of H-pyrrole nitrogens is 1. The van der Waals surface area contributed by atoms with Crippen molar-refractivity contribution in [1.82, 2.24) is 25.2 Å². The molecular weight excluding hydrogens is 354 g/mol. The Bertz CT molecular complexity index is 964. The Labute approximate surface area is 155 Å². The monoisotopic (exact) mass is 371 g/mol. The van der Waals surface area contributed by atoms with Crippen LogP contribution >= 0.6 is 11.6 Å². The predicted molar refractivity (Wildman–Crippen MR) is 95.8 cm³/mol. The van der Waals surface area contributed by atoms with Crippen molar-refractivity contribution < 1.29 is 9.32 Å². The summed E-state index contributed by atoms with van der Waals surface area (Å²) in [6.07, 6.45) is 1.73. The molecule has 0 radical (unpaired) electrons. The van der Waals surface area contributed by atoms with Crippen molar-refractivity contribution in [3.8, 4) is 11.3 Å². The zero-order valence-electron chi connectivity index (χ0n) is 14.5. The Morgan fingerprint density at radius 2 is 2.15 bits per heavy atom. The highest BCUT2D eigenvalue weighted by Gasteiger charge is 2.36. The molecule has 3 heterocycles. The van der Waals surface area contributed by atoms with Gasteiger partial charge in [-0.3, -0.25) is 9.89 Å². The Balaban J connectivity index is 1.73. The molecule has 1 aliphatic heterocycles. The van der Waals surface area contributed by atoms with Crippen molar-refractivity contribution in [2.24, 2.45) is 0 Å². The van der Waals surface area contributed by atoms with E-state index in [2.05, 4.69) is 20.3 Å². The van der Waals surface area contributed by atoms with Crippen LogP contribution in [0.3, 0.4) is 0 Å². The third-order valence-electron chi connectivity index (χ3n) is 4.63. The number of aromatic amines is 1. The summed E-state index contributed by atoms with van der Waals surface area (Å²) in [4.78, 5) is 19.5. The van der Waals surface area contributed by atoms with Crippen LogP contribution in [0.5, 0.6) is 0 Å². The largest absolute Gasteiger partial charge is 0.360 e. The molecule has 2 aromatic heterocycles. The summed E-state index contributed by atoms with van der Waals surface area (Å²) in [5, 5.41) is 11.7. The molecule has 0 bridgehead atoms. The van der Waals surface area contributed by atoms with Crippen molar-refractivity contribution in [2.75, 3.05) is 6.54 Å². The fourth-order valence-corrected chi connectivity index (χ4v) is 3.62. The molecule has 0 unspecified atom stereocenters. The molecule has 1 atom stereocenters. The Hall–Kier alpha value is -2.67. The maximum absolute atomic E-state index is 13.3. The van der Waals surface area contributed by atoms with Gasteiger partial charge in [0, 0.05) is 12.1 Å². The molecule has 1 saturated heterocycles. The molecular formula is C18H18ClN5O2. The lowest BCUT2D eigenvalue weighted by molar-refractivity contribution is 0.0729. The minimum absolute atomic E-state index is 0.136. The SMILES string of the molecule is Cc1nc([C@@H]2CCCN2C(=O)c2c(-c3ccccc3Cl)noc2C)n[nH]1. The highest BCUT2D eigenvalue weighted by atomic mass is 35.5. The van der Waals surface area contributed by atoms with Gasteiger partial charge < -0.3 is 9.42 Å². The molecule has 26 heavy (non-hydrogen) atoms. The minimum atomic E-state index is -0.152. The van der Waals surface area contributed by atoms with E-state index in [4.69, 9.17) is 16.1 Å². The first-order valence-corrected chi connectivity index (χ1v) is 8.85. The van der Waals surface area contributed by atoms with Gasteiger partial charge >= 0.3 is 0 Å². The summed E-state index contributed by atoms with van der Waals surface area (Å²) in [6, 6.07) is 7.14. The number of carbonyl (C=O) groups is 1. The van der Waals surface area contributed by atoms with Crippen LogP contribution in [0.25, 0.3) is 11.3 Å². The van der Waals surface area contributed by atoms with E-state index in [0.717, 1.165) is 18.7 Å². The molecule has 1 N–H and O–H groups in total. The number of rotatable bonds is 3. The topological polar surface area (TPSA) is 87.9 Å². The molecule has 3 aromatic rings. The molecule has 1 aromatic carbocycles. The number of halogens is 1. The first kappa shape index (κ1) is 16.8. The van der Waals surface area contributed by atoms with E-state index in [0.29, 0.717) is 40.0 Å². The van der Waals surface area contributed by atoms with Crippen molar-refractivity contribution >= 4 is 17.5 Å². The van der Waals surface area contributed by atoms with Gasteiger partial charge in [-0.25, -0.2) is 4.98 Å². The molecule has 0 aliphatic carbocycles. The van der Waals surface area contributed by atoms with Crippen LogP contribution in [0, 0.1) is 13.8 Å². The number of carbonyl (C=O) groups excluding carboxylic acids is 1. The van der Waals surface area contributed by atoms with Crippen LogP contribution in [0.4, 0.5) is 0 Å². The fraction of sp³-hybridized carbons (Fsp3) is 0.333. The summed E-state index contributed by atoms with van der Waals surface area (Å²) in [6.45, 7) is 4.23. The number of benzene rings is 1. The third kappa shape index (κ3) is 2.78. The van der Waals surface area contributed by atoms with Gasteiger partial charge in [0.1, 0.15) is 22.8 Å². The standard InChI is InChI=1S/C18H18ClN5O2/c1-10-15(16(23-26-10)12-6-3-4-7-13(12)19)18(25)24-9-5-8-14(24)17-20-11(2)21-22-17/h3-4,6-7,14H,5,8-9H2,1-2H3,(H,20,21,22)/t14-/m0/s1. The second kappa shape index (κ2) is 6.57. The van der Waals surface area contributed by atoms with Crippen molar-refractivity contribution in [1.29, 1.82) is 0 Å². The number of hydrogen-bond donors (Lipinski definition) is 1. The van der Waals surface area contributed by atoms with E-state index >= 15 is 0 Å². The van der Waals surface area contributed by atoms with Crippen LogP contribution in [-0.2, 0) is 0 Å². The lowest BCUT2D eigenvalue weighted by Crippen LogP contribution is -2.31. The number of aromatic nitrogens is 4. The maximum atomic E-state index is 13.3. The number of likely N-dealkylation sites (tertiary alicyclic amines) is 1. The molecule has 7 nitrogen and oxygen atoms in total. The second-order valence-corrected chi connectivity index (χ2v) is 6.79. The maximum Gasteiger partial charge on any atom is 0.260 e. The normalized spacial score (nSPS) is 17.0. The number of aryl methyl sites for hydroxylation is 2. The van der Waals surface area contributed by atoms with E-state index in [1.807, 2.05) is 25.1 Å². The van der Waals surface area contributed by atoms with Gasteiger partial charge in [0.15, 0.2) is 5.82 Å². The number of nitrogens with one attached hydrogen (secondary N) is 1. The van der Waals surface area contributed by atoms with Crippen molar-refractivity contribution in [2.45, 2.75) is 32.7 Å². The first-order valence-electron chi connectivity index (χ1n) is 8.47. The second-order valence-electron chi connectivity index (χ2n) is 6.38. The Kier molecular flexibility index (Phi) is 4.24. The van der Waals surface area contributed by atoms with Crippen molar-refractivity contribution in [3.63, 3.8) is 0 Å². The summed E-state index contributed by atoms with van der Waals surface area (Å²) >= 11 is 6.30. The lowest BCUT2D eigenvalue weighted by atomic mass is 10.0. The summed E-state index contributed by atoms with van der Waals surface area (Å²) < 4.78 is 5.34. The highest BCUT2D eigenvalue weighted by Crippen LogP contribution is 2.36. The Morgan fingerprint density at radius 3 is 2.88 bits per heavy atom. The van der Waals surface area contributed by atoms with Crippen LogP contribution < -0.4 is 0 Å². The molecule has 1 amide bonds. The lowest BCUT2D eigenvalue weighted by Gasteiger charge is -2.22. The first-order chi connectivity index (χ1) is 12.6. The quantitative estimate of drug-likeness (QED) is 0.758. The minimum Gasteiger partial charge on any atom is -0.360 e. The summed E-state index contributed by atoms with van der Waals surface area (Å²) in [7, 11) is 0. The molecule has 1 fully saturated rings. The highest BCUT2D eigenvalue weighted by molar-refractivity contribution is 6.33. The van der Waals surface area contributed by atoms with Gasteiger partial charge in [-0.05, 0) is 32.8 Å². The molecule has 4 rings (SSSR count). The van der Waals surface area contributed by atoms with E-state index in [9.17, 15) is 4.79 Å². The summed E-state index contributed by atoms with van der Waals surface area (Å²) in [5.41, 5.74) is 1.59. The number of nitrogens with zero attached hydrogens (tertiary/aromatic N) is 4. The molecule has 1 aliphatic rings. The van der Waals surface area contributed by atoms with Crippen LogP contribution in [0.1, 0.15) is 46.7 Å². The zero-order valence-corrected chi connectivity index (χ0v) is 15.2. The molecule has 0 saturated carbocycles. The smallest absolute Gasteiger partial charge is 0.260 e. The fourth-order valence-electron chi connectivity index (χ4n) is 3.39. The van der Waals surface area contributed by atoms with E-state index in [-0.39, 0.29) is 11.9 Å². The van der Waals surface area contributed by atoms with Gasteiger partial charge in [-0.15, -0.1) is 0 Å². The van der Waals surface area contributed by atoms with E-state index in [1.54, 1.807) is 17.9 Å². The summed E-state index contributed by atoms with van der Waals surface area (Å²) in [5.74, 6) is 1.71. The zero-order chi connectivity index (χ0) is 18.3. The predicted octanol–water partition coefficient (Wildman–Crippen LogP) is 3.71. The molecule has 8 heteroatoms. The molecule has 134 valence electrons. The van der Waals surface area contributed by atoms with Gasteiger partial charge in [0.05, 0.1) is 11.1 Å². The molecule has 0 spiro atoms. The third-order valence-corrected chi connectivity index (χ3v) is 4.96. The van der Waals surface area contributed by atoms with Gasteiger partial charge in [-0.2, -0.15) is 5.10 Å². The van der Waals surface area contributed by atoms with Crippen LogP contribution in [0.15, 0.2) is 28.8 Å². The Morgan fingerprint density at radius 1 is 1.35 bits per heavy atom. The average molecular weight is 372 g/mol. The van der Waals surface area contributed by atoms with Gasteiger partial charge in [0.25, 0.3) is 5.91 Å². The van der Waals surface area contributed by atoms with Crippen molar-refractivity contribution in [3.05, 3.63) is 52.3 Å². The van der Waals surface area contributed by atoms with E-state index < -0.39 is 0 Å². The number of amides is 1. The average Bonchev–Trinajstić information content (AvgIpc) is 3.34. The van der Waals surface area contributed by atoms with Gasteiger partial charge in [0.2, 0.25) is 0 Å². The van der Waals surface area contributed by atoms with Crippen LogP contribution in [-0.4, -0.2) is 37.7 Å².